The highest BCUT2D eigenvalue weighted by molar-refractivity contribution is 7.19. The first-order valence-electron chi connectivity index (χ1n) is 6.26. The second-order valence-corrected chi connectivity index (χ2v) is 5.55. The van der Waals surface area contributed by atoms with Gasteiger partial charge in [-0.05, 0) is 30.5 Å². The van der Waals surface area contributed by atoms with Gasteiger partial charge in [0.05, 0.1) is 24.5 Å². The van der Waals surface area contributed by atoms with Crippen LogP contribution in [-0.4, -0.2) is 26.9 Å². The van der Waals surface area contributed by atoms with Gasteiger partial charge in [-0.1, -0.05) is 12.1 Å². The molecule has 18 heavy (non-hydrogen) atoms. The monoisotopic (exact) mass is 263 g/mol. The molecule has 0 bridgehead atoms. The summed E-state index contributed by atoms with van der Waals surface area (Å²) >= 11 is 1.80. The first kappa shape index (κ1) is 12.0. The summed E-state index contributed by atoms with van der Waals surface area (Å²) in [6.07, 6.45) is 1.09. The van der Waals surface area contributed by atoms with Gasteiger partial charge in [0.15, 0.2) is 0 Å². The minimum Gasteiger partial charge on any atom is -0.495 e. The minimum atomic E-state index is 0.314. The topological polar surface area (TPSA) is 30.5 Å². The number of methoxy groups -OCH3 is 1. The molecule has 1 unspecified atom stereocenters. The highest BCUT2D eigenvalue weighted by Gasteiger charge is 2.17. The van der Waals surface area contributed by atoms with E-state index in [1.165, 1.54) is 15.0 Å². The van der Waals surface area contributed by atoms with E-state index < -0.39 is 0 Å². The fraction of sp³-hybridized carbons (Fsp3) is 0.429. The van der Waals surface area contributed by atoms with Gasteiger partial charge in [-0.25, -0.2) is 0 Å². The molecule has 96 valence electrons. The molecule has 1 aliphatic rings. The molecule has 0 saturated carbocycles. The zero-order valence-electron chi connectivity index (χ0n) is 10.4. The van der Waals surface area contributed by atoms with E-state index in [0.29, 0.717) is 6.04 Å². The van der Waals surface area contributed by atoms with Crippen LogP contribution in [0.5, 0.6) is 5.75 Å². The third kappa shape index (κ3) is 2.23. The second kappa shape index (κ2) is 5.26. The van der Waals surface area contributed by atoms with E-state index >= 15 is 0 Å². The van der Waals surface area contributed by atoms with Gasteiger partial charge in [0.25, 0.3) is 0 Å². The van der Waals surface area contributed by atoms with Crippen LogP contribution < -0.4 is 10.1 Å². The molecule has 1 atom stereocenters. The number of hydrogen-bond donors (Lipinski definition) is 1. The maximum absolute atomic E-state index is 5.63. The van der Waals surface area contributed by atoms with Crippen molar-refractivity contribution in [3.05, 3.63) is 29.1 Å². The Labute approximate surface area is 111 Å². The van der Waals surface area contributed by atoms with Crippen molar-refractivity contribution < 1.29 is 9.47 Å². The van der Waals surface area contributed by atoms with Crippen LogP contribution in [0.4, 0.5) is 0 Å². The maximum atomic E-state index is 5.63. The smallest absolute Gasteiger partial charge is 0.136 e. The average molecular weight is 263 g/mol. The predicted molar refractivity (Wildman–Crippen MR) is 74.6 cm³/mol. The predicted octanol–water partition coefficient (Wildman–Crippen LogP) is 2.96. The lowest BCUT2D eigenvalue weighted by atomic mass is 10.2. The summed E-state index contributed by atoms with van der Waals surface area (Å²) in [5.74, 6) is 0.957. The van der Waals surface area contributed by atoms with Crippen molar-refractivity contribution in [2.24, 2.45) is 0 Å². The van der Waals surface area contributed by atoms with E-state index in [4.69, 9.17) is 9.47 Å². The van der Waals surface area contributed by atoms with Crippen LogP contribution in [0.2, 0.25) is 0 Å². The molecule has 0 aliphatic carbocycles. The van der Waals surface area contributed by atoms with Crippen LogP contribution in [0, 0.1) is 0 Å². The van der Waals surface area contributed by atoms with Gasteiger partial charge in [0, 0.05) is 11.5 Å². The standard InChI is InChI=1S/C14H17NO2S/c1-16-12-5-2-4-10-8-13(18-14(10)12)11-9-17-7-3-6-15-11/h2,4-5,8,11,15H,3,6-7,9H2,1H3. The summed E-state index contributed by atoms with van der Waals surface area (Å²) < 4.78 is 12.3. The molecule has 2 heterocycles. The Hall–Kier alpha value is -1.10. The van der Waals surface area contributed by atoms with Crippen molar-refractivity contribution in [2.45, 2.75) is 12.5 Å². The number of fused-ring (bicyclic) bond motifs is 1. The van der Waals surface area contributed by atoms with E-state index in [0.717, 1.165) is 31.9 Å². The lowest BCUT2D eigenvalue weighted by molar-refractivity contribution is 0.132. The van der Waals surface area contributed by atoms with Gasteiger partial charge in [-0.3, -0.25) is 0 Å². The summed E-state index contributed by atoms with van der Waals surface area (Å²) in [4.78, 5) is 1.33. The van der Waals surface area contributed by atoms with Crippen LogP contribution in [0.15, 0.2) is 24.3 Å². The molecule has 1 aromatic carbocycles. The molecule has 0 radical (unpaired) electrons. The average Bonchev–Trinajstić information content (AvgIpc) is 2.65. The van der Waals surface area contributed by atoms with Crippen LogP contribution in [0.3, 0.4) is 0 Å². The largest absolute Gasteiger partial charge is 0.495 e. The summed E-state index contributed by atoms with van der Waals surface area (Å²) in [7, 11) is 1.72. The van der Waals surface area contributed by atoms with E-state index in [9.17, 15) is 0 Å². The molecule has 2 aromatic rings. The van der Waals surface area contributed by atoms with Crippen molar-refractivity contribution in [1.82, 2.24) is 5.32 Å². The quantitative estimate of drug-likeness (QED) is 0.903. The van der Waals surface area contributed by atoms with Crippen molar-refractivity contribution >= 4 is 21.4 Å². The van der Waals surface area contributed by atoms with Gasteiger partial charge < -0.3 is 14.8 Å². The lowest BCUT2D eigenvalue weighted by Gasteiger charge is -2.12. The minimum absolute atomic E-state index is 0.314. The first-order valence-corrected chi connectivity index (χ1v) is 7.07. The van der Waals surface area contributed by atoms with Crippen molar-refractivity contribution in [2.75, 3.05) is 26.9 Å². The van der Waals surface area contributed by atoms with Crippen molar-refractivity contribution in [1.29, 1.82) is 0 Å². The number of rotatable bonds is 2. The van der Waals surface area contributed by atoms with Gasteiger partial charge >= 0.3 is 0 Å². The molecule has 4 heteroatoms. The zero-order chi connectivity index (χ0) is 12.4. The normalized spacial score (nSPS) is 20.8. The molecule has 1 N–H and O–H groups in total. The van der Waals surface area contributed by atoms with Gasteiger partial charge in [0.1, 0.15) is 5.75 Å². The molecule has 3 rings (SSSR count). The molecule has 0 spiro atoms. The number of hydrogen-bond acceptors (Lipinski definition) is 4. The molecule has 1 aliphatic heterocycles. The maximum Gasteiger partial charge on any atom is 0.136 e. The van der Waals surface area contributed by atoms with Crippen LogP contribution in [-0.2, 0) is 4.74 Å². The third-order valence-electron chi connectivity index (χ3n) is 3.23. The summed E-state index contributed by atoms with van der Waals surface area (Å²) in [5.41, 5.74) is 0. The Balaban J connectivity index is 1.96. The Morgan fingerprint density at radius 2 is 2.39 bits per heavy atom. The van der Waals surface area contributed by atoms with E-state index in [1.807, 2.05) is 12.1 Å². The zero-order valence-corrected chi connectivity index (χ0v) is 11.3. The molecule has 1 saturated heterocycles. The van der Waals surface area contributed by atoms with Crippen LogP contribution in [0.25, 0.3) is 10.1 Å². The SMILES string of the molecule is COc1cccc2cc(C3COCCCN3)sc12. The Kier molecular flexibility index (Phi) is 3.50. The fourth-order valence-corrected chi connectivity index (χ4v) is 3.49. The van der Waals surface area contributed by atoms with E-state index in [1.54, 1.807) is 18.4 Å². The van der Waals surface area contributed by atoms with Gasteiger partial charge in [-0.15, -0.1) is 11.3 Å². The van der Waals surface area contributed by atoms with Crippen LogP contribution in [0.1, 0.15) is 17.3 Å². The molecule has 1 aromatic heterocycles. The second-order valence-electron chi connectivity index (χ2n) is 4.46. The highest BCUT2D eigenvalue weighted by atomic mass is 32.1. The van der Waals surface area contributed by atoms with Crippen molar-refractivity contribution in [3.8, 4) is 5.75 Å². The Morgan fingerprint density at radius 1 is 1.44 bits per heavy atom. The number of thiophene rings is 1. The van der Waals surface area contributed by atoms with Gasteiger partial charge in [-0.2, -0.15) is 0 Å². The molecule has 3 nitrogen and oxygen atoms in total. The number of benzene rings is 1. The Bertz CT molecular complexity index is 530. The van der Waals surface area contributed by atoms with Gasteiger partial charge in [0.2, 0.25) is 0 Å². The number of ether oxygens (including phenoxy) is 2. The fourth-order valence-electron chi connectivity index (χ4n) is 2.28. The molecular formula is C14H17NO2S. The highest BCUT2D eigenvalue weighted by Crippen LogP contribution is 2.36. The first-order chi connectivity index (χ1) is 8.88. The number of nitrogens with one attached hydrogen (secondary N) is 1. The molecule has 1 fully saturated rings. The third-order valence-corrected chi connectivity index (χ3v) is 4.51. The van der Waals surface area contributed by atoms with E-state index in [-0.39, 0.29) is 0 Å². The molecular weight excluding hydrogens is 246 g/mol. The van der Waals surface area contributed by atoms with Crippen LogP contribution >= 0.6 is 11.3 Å². The summed E-state index contributed by atoms with van der Waals surface area (Å²) in [6, 6.07) is 8.74. The lowest BCUT2D eigenvalue weighted by Crippen LogP contribution is -2.22. The van der Waals surface area contributed by atoms with E-state index in [2.05, 4.69) is 17.4 Å². The summed E-state index contributed by atoms with van der Waals surface area (Å²) in [5, 5.41) is 4.79. The molecule has 0 amide bonds. The Morgan fingerprint density at radius 3 is 3.28 bits per heavy atom. The summed E-state index contributed by atoms with van der Waals surface area (Å²) in [6.45, 7) is 2.64. The van der Waals surface area contributed by atoms with Crippen molar-refractivity contribution in [3.63, 3.8) is 0 Å².